The summed E-state index contributed by atoms with van der Waals surface area (Å²) in [6, 6.07) is 7.17. The number of carbonyl (C=O) groups is 1. The Morgan fingerprint density at radius 3 is 2.89 bits per heavy atom. The Kier molecular flexibility index (Phi) is 4.25. The first-order valence-corrected chi connectivity index (χ1v) is 6.11. The molecule has 2 rings (SSSR count). The summed E-state index contributed by atoms with van der Waals surface area (Å²) in [7, 11) is 0. The predicted molar refractivity (Wildman–Crippen MR) is 69.8 cm³/mol. The van der Waals surface area contributed by atoms with Gasteiger partial charge in [-0.3, -0.25) is 14.8 Å². The Bertz CT molecular complexity index is 636. The van der Waals surface area contributed by atoms with Gasteiger partial charge in [0.15, 0.2) is 0 Å². The van der Waals surface area contributed by atoms with Crippen LogP contribution in [0.5, 0.6) is 0 Å². The molecule has 0 radical (unpaired) electrons. The highest BCUT2D eigenvalue weighted by molar-refractivity contribution is 5.77. The number of nitrogens with one attached hydrogen (secondary N) is 2. The molecule has 0 saturated carbocycles. The number of hydrogen-bond acceptors (Lipinski definition) is 4. The predicted octanol–water partition coefficient (Wildman–Crippen LogP) is 1.14. The lowest BCUT2D eigenvalue weighted by molar-refractivity contribution is -0.129. The molecule has 6 nitrogen and oxygen atoms in total. The van der Waals surface area contributed by atoms with Crippen LogP contribution < -0.4 is 11.0 Å². The molecule has 0 aliphatic heterocycles. The maximum atomic E-state index is 11.8. The third-order valence-corrected chi connectivity index (χ3v) is 2.85. The normalized spacial score (nSPS) is 10.6. The number of hydroxylamine groups is 1. The molecule has 0 atom stereocenters. The minimum atomic E-state index is -0.403. The van der Waals surface area contributed by atoms with Gasteiger partial charge in [0.1, 0.15) is 5.82 Å². The molecular weight excluding hydrogens is 246 g/mol. The number of H-pyrrole nitrogens is 1. The quantitative estimate of drug-likeness (QED) is 0.427. The summed E-state index contributed by atoms with van der Waals surface area (Å²) in [6.45, 7) is 0. The van der Waals surface area contributed by atoms with E-state index in [1.165, 1.54) is 0 Å². The summed E-state index contributed by atoms with van der Waals surface area (Å²) in [5.41, 5.74) is 2.12. The summed E-state index contributed by atoms with van der Waals surface area (Å²) in [5.74, 6) is 0.216. The molecule has 1 aromatic heterocycles. The lowest BCUT2D eigenvalue weighted by Crippen LogP contribution is -2.18. The van der Waals surface area contributed by atoms with Gasteiger partial charge < -0.3 is 4.98 Å². The molecule has 1 amide bonds. The molecule has 1 heterocycles. The average molecular weight is 261 g/mol. The van der Waals surface area contributed by atoms with Gasteiger partial charge in [-0.25, -0.2) is 10.5 Å². The standard InChI is InChI=1S/C13H15N3O3/c17-12(16-19)8-4-3-7-11-14-10-6-2-1-5-9(10)13(18)15-11/h1-2,5-6,19H,3-4,7-8H2,(H,16,17)(H,14,15,18). The topological polar surface area (TPSA) is 95.1 Å². The first-order chi connectivity index (χ1) is 9.20. The number of aromatic nitrogens is 2. The van der Waals surface area contributed by atoms with Crippen LogP contribution >= 0.6 is 0 Å². The van der Waals surface area contributed by atoms with Gasteiger partial charge in [0, 0.05) is 12.8 Å². The number of carbonyl (C=O) groups excluding carboxylic acids is 1. The lowest BCUT2D eigenvalue weighted by Gasteiger charge is -2.03. The van der Waals surface area contributed by atoms with E-state index in [4.69, 9.17) is 5.21 Å². The van der Waals surface area contributed by atoms with Gasteiger partial charge in [-0.2, -0.15) is 0 Å². The van der Waals surface area contributed by atoms with Gasteiger partial charge in [0.2, 0.25) is 5.91 Å². The number of para-hydroxylation sites is 1. The first-order valence-electron chi connectivity index (χ1n) is 6.11. The molecule has 19 heavy (non-hydrogen) atoms. The van der Waals surface area contributed by atoms with Crippen molar-refractivity contribution in [2.45, 2.75) is 25.7 Å². The van der Waals surface area contributed by atoms with Crippen LogP contribution in [0.25, 0.3) is 10.9 Å². The molecule has 0 fully saturated rings. The van der Waals surface area contributed by atoms with E-state index in [2.05, 4.69) is 9.97 Å². The fourth-order valence-corrected chi connectivity index (χ4v) is 1.89. The molecule has 100 valence electrons. The van der Waals surface area contributed by atoms with Crippen molar-refractivity contribution in [1.29, 1.82) is 0 Å². The molecular formula is C13H15N3O3. The van der Waals surface area contributed by atoms with Gasteiger partial charge in [0.25, 0.3) is 5.56 Å². The van der Waals surface area contributed by atoms with Crippen molar-refractivity contribution in [2.24, 2.45) is 0 Å². The minimum absolute atomic E-state index is 0.145. The van der Waals surface area contributed by atoms with Crippen LogP contribution in [0.15, 0.2) is 29.1 Å². The van der Waals surface area contributed by atoms with Crippen LogP contribution in [0.3, 0.4) is 0 Å². The highest BCUT2D eigenvalue weighted by atomic mass is 16.5. The number of aryl methyl sites for hydroxylation is 1. The maximum absolute atomic E-state index is 11.8. The van der Waals surface area contributed by atoms with Crippen LogP contribution in [0.2, 0.25) is 0 Å². The molecule has 0 aliphatic rings. The molecule has 1 aromatic carbocycles. The second-order valence-corrected chi connectivity index (χ2v) is 4.27. The lowest BCUT2D eigenvalue weighted by atomic mass is 10.1. The average Bonchev–Trinajstić information content (AvgIpc) is 2.43. The second-order valence-electron chi connectivity index (χ2n) is 4.27. The zero-order valence-electron chi connectivity index (χ0n) is 10.3. The number of nitrogens with zero attached hydrogens (tertiary/aromatic N) is 1. The van der Waals surface area contributed by atoms with E-state index >= 15 is 0 Å². The van der Waals surface area contributed by atoms with Crippen molar-refractivity contribution in [1.82, 2.24) is 15.4 Å². The van der Waals surface area contributed by atoms with Crippen molar-refractivity contribution in [3.8, 4) is 0 Å². The molecule has 0 aliphatic carbocycles. The van der Waals surface area contributed by atoms with Crippen LogP contribution in [0.4, 0.5) is 0 Å². The highest BCUT2D eigenvalue weighted by Gasteiger charge is 2.04. The Hall–Kier alpha value is -2.21. The van der Waals surface area contributed by atoms with E-state index in [0.717, 1.165) is 0 Å². The molecule has 3 N–H and O–H groups in total. The number of hydrogen-bond donors (Lipinski definition) is 3. The van der Waals surface area contributed by atoms with E-state index in [0.29, 0.717) is 36.0 Å². The second kappa shape index (κ2) is 6.10. The summed E-state index contributed by atoms with van der Waals surface area (Å²) in [4.78, 5) is 29.7. The smallest absolute Gasteiger partial charge is 0.258 e. The van der Waals surface area contributed by atoms with Crippen LogP contribution in [-0.4, -0.2) is 21.1 Å². The fourth-order valence-electron chi connectivity index (χ4n) is 1.89. The highest BCUT2D eigenvalue weighted by Crippen LogP contribution is 2.07. The maximum Gasteiger partial charge on any atom is 0.258 e. The van der Waals surface area contributed by atoms with Crippen LogP contribution in [-0.2, 0) is 11.2 Å². The third-order valence-electron chi connectivity index (χ3n) is 2.85. The summed E-state index contributed by atoms with van der Waals surface area (Å²) < 4.78 is 0. The fraction of sp³-hybridized carbons (Fsp3) is 0.308. The van der Waals surface area contributed by atoms with Crippen molar-refractivity contribution < 1.29 is 10.0 Å². The molecule has 0 saturated heterocycles. The Labute approximate surface area is 109 Å². The first kappa shape index (κ1) is 13.2. The SMILES string of the molecule is O=C(CCCCc1nc2ccccc2c(=O)[nH]1)NO. The van der Waals surface area contributed by atoms with Crippen LogP contribution in [0, 0.1) is 0 Å². The van der Waals surface area contributed by atoms with E-state index in [9.17, 15) is 9.59 Å². The van der Waals surface area contributed by atoms with Crippen molar-refractivity contribution in [3.63, 3.8) is 0 Å². The van der Waals surface area contributed by atoms with Gasteiger partial charge >= 0.3 is 0 Å². The Balaban J connectivity index is 2.02. The zero-order chi connectivity index (χ0) is 13.7. The summed E-state index contributed by atoms with van der Waals surface area (Å²) >= 11 is 0. The number of rotatable bonds is 5. The monoisotopic (exact) mass is 261 g/mol. The van der Waals surface area contributed by atoms with Gasteiger partial charge in [0.05, 0.1) is 10.9 Å². The molecule has 2 aromatic rings. The van der Waals surface area contributed by atoms with Crippen LogP contribution in [0.1, 0.15) is 25.1 Å². The van der Waals surface area contributed by atoms with E-state index in [-0.39, 0.29) is 12.0 Å². The number of unbranched alkanes of at least 4 members (excludes halogenated alkanes) is 1. The van der Waals surface area contributed by atoms with Crippen molar-refractivity contribution in [3.05, 3.63) is 40.4 Å². The largest absolute Gasteiger partial charge is 0.310 e. The molecule has 0 unspecified atom stereocenters. The summed E-state index contributed by atoms with van der Waals surface area (Å²) in [5, 5.41) is 8.92. The van der Waals surface area contributed by atoms with Gasteiger partial charge in [-0.05, 0) is 25.0 Å². The number of aromatic amines is 1. The summed E-state index contributed by atoms with van der Waals surface area (Å²) in [6.07, 6.45) is 2.20. The zero-order valence-corrected chi connectivity index (χ0v) is 10.3. The number of amides is 1. The van der Waals surface area contributed by atoms with Crippen molar-refractivity contribution >= 4 is 16.8 Å². The van der Waals surface area contributed by atoms with E-state index in [1.807, 2.05) is 6.07 Å². The Morgan fingerprint density at radius 1 is 1.32 bits per heavy atom. The van der Waals surface area contributed by atoms with Crippen molar-refractivity contribution in [2.75, 3.05) is 0 Å². The van der Waals surface area contributed by atoms with Gasteiger partial charge in [-0.15, -0.1) is 0 Å². The Morgan fingerprint density at radius 2 is 2.11 bits per heavy atom. The minimum Gasteiger partial charge on any atom is -0.310 e. The molecule has 0 spiro atoms. The third kappa shape index (κ3) is 3.38. The van der Waals surface area contributed by atoms with E-state index < -0.39 is 5.91 Å². The van der Waals surface area contributed by atoms with E-state index in [1.54, 1.807) is 23.7 Å². The molecule has 0 bridgehead atoms. The van der Waals surface area contributed by atoms with Gasteiger partial charge in [-0.1, -0.05) is 12.1 Å². The number of fused-ring (bicyclic) bond motifs is 1. The number of benzene rings is 1. The molecule has 6 heteroatoms.